The number of carbonyl (C=O) groups excluding carboxylic acids is 2. The predicted octanol–water partition coefficient (Wildman–Crippen LogP) is 9.22. The Morgan fingerprint density at radius 2 is 1.25 bits per heavy atom. The minimum absolute atomic E-state index is 0.173. The lowest BCUT2D eigenvalue weighted by Crippen LogP contribution is -2.50. The number of nitrogens with zero attached hydrogens (tertiary/aromatic N) is 7. The number of amides is 2. The average molecular weight is 1200 g/mol. The zero-order valence-electron chi connectivity index (χ0n) is 46.9. The van der Waals surface area contributed by atoms with Gasteiger partial charge in [-0.1, -0.05) is 36.4 Å². The molecule has 4 aromatic carbocycles. The summed E-state index contributed by atoms with van der Waals surface area (Å²) in [5.74, 6) is -0.626. The van der Waals surface area contributed by atoms with E-state index in [4.69, 9.17) is 5.14 Å². The van der Waals surface area contributed by atoms with Gasteiger partial charge in [-0.25, -0.2) is 22.3 Å². The molecule has 2 amide bonds. The first-order valence-corrected chi connectivity index (χ1v) is 31.6. The SMILES string of the molecule is CC(=O)N1CCCN(c2c[nH]c3ccccc23)CC1.CS(=O)(=O)N1CCC(C2C(=O)Nc3ccc(C(F)(F)F)cc32)CC1.Fc1ccc2c(C3CCN(c4cccnc4)CC3)c[nH]c2c1.NS(=O)(=O)N1CCN(c2c[nH]c3ccccc23)CC1. The first-order valence-electron chi connectivity index (χ1n) is 28.2. The van der Waals surface area contributed by atoms with Gasteiger partial charge >= 0.3 is 6.18 Å². The molecule has 9 heterocycles. The van der Waals surface area contributed by atoms with E-state index in [1.54, 1.807) is 25.3 Å². The van der Waals surface area contributed by atoms with Gasteiger partial charge in [-0.3, -0.25) is 14.6 Å². The van der Waals surface area contributed by atoms with E-state index in [2.05, 4.69) is 82.7 Å². The van der Waals surface area contributed by atoms with Crippen LogP contribution in [0, 0.1) is 11.7 Å². The van der Waals surface area contributed by atoms with Crippen LogP contribution in [0.15, 0.2) is 128 Å². The maximum atomic E-state index is 13.3. The predicted molar refractivity (Wildman–Crippen MR) is 321 cm³/mol. The maximum Gasteiger partial charge on any atom is 0.416 e. The highest BCUT2D eigenvalue weighted by atomic mass is 32.2. The Hall–Kier alpha value is -7.51. The zero-order chi connectivity index (χ0) is 59.3. The molecule has 0 radical (unpaired) electrons. The van der Waals surface area contributed by atoms with Crippen molar-refractivity contribution in [2.45, 2.75) is 57.0 Å². The number of hydrogen-bond acceptors (Lipinski definition) is 10. The topological polar surface area (TPSA) is 220 Å². The second-order valence-corrected chi connectivity index (χ2v) is 25.4. The number of fused-ring (bicyclic) bond motifs is 4. The number of hydrogen-bond donors (Lipinski definition) is 5. The minimum atomic E-state index is -4.47. The summed E-state index contributed by atoms with van der Waals surface area (Å²) in [6, 6.07) is 28.8. The number of nitrogens with two attached hydrogens (primary N) is 1. The van der Waals surface area contributed by atoms with Crippen LogP contribution in [0.1, 0.15) is 67.6 Å². The molecule has 0 spiro atoms. The maximum absolute atomic E-state index is 13.3. The van der Waals surface area contributed by atoms with E-state index < -0.39 is 37.9 Å². The first kappa shape index (κ1) is 59.6. The first-order chi connectivity index (χ1) is 40.2. The Kier molecular flexibility index (Phi) is 18.0. The van der Waals surface area contributed by atoms with E-state index in [0.717, 1.165) is 104 Å². The van der Waals surface area contributed by atoms with Crippen LogP contribution >= 0.6 is 0 Å². The highest BCUT2D eigenvalue weighted by molar-refractivity contribution is 7.88. The smallest absolute Gasteiger partial charge is 0.370 e. The molecular weight excluding hydrogens is 1120 g/mol. The second kappa shape index (κ2) is 25.4. The van der Waals surface area contributed by atoms with Crippen LogP contribution in [0.5, 0.6) is 0 Å². The van der Waals surface area contributed by atoms with Crippen LogP contribution in [0.4, 0.5) is 40.3 Å². The molecule has 0 saturated carbocycles. The summed E-state index contributed by atoms with van der Waals surface area (Å²) in [6.07, 6.45) is 10.6. The Balaban J connectivity index is 0.000000125. The summed E-state index contributed by atoms with van der Waals surface area (Å²) in [4.78, 5) is 46.5. The Morgan fingerprint density at radius 3 is 1.85 bits per heavy atom. The van der Waals surface area contributed by atoms with E-state index in [1.165, 1.54) is 42.5 Å². The molecule has 18 nitrogen and oxygen atoms in total. The van der Waals surface area contributed by atoms with Crippen molar-refractivity contribution in [1.29, 1.82) is 0 Å². The van der Waals surface area contributed by atoms with E-state index in [9.17, 15) is 44.0 Å². The Bertz CT molecular complexity index is 3820. The molecule has 5 aliphatic rings. The molecule has 1 unspecified atom stereocenters. The summed E-state index contributed by atoms with van der Waals surface area (Å²) >= 11 is 0. The van der Waals surface area contributed by atoms with Gasteiger partial charge < -0.3 is 39.9 Å². The third kappa shape index (κ3) is 13.8. The Morgan fingerprint density at radius 1 is 0.631 bits per heavy atom. The van der Waals surface area contributed by atoms with E-state index in [1.807, 2.05) is 53.7 Å². The minimum Gasteiger partial charge on any atom is -0.370 e. The number of halogens is 4. The van der Waals surface area contributed by atoms with Gasteiger partial charge in [0.1, 0.15) is 5.82 Å². The highest BCUT2D eigenvalue weighted by Gasteiger charge is 2.41. The number of rotatable bonds is 7. The van der Waals surface area contributed by atoms with E-state index in [0.29, 0.717) is 56.2 Å². The van der Waals surface area contributed by atoms with Gasteiger partial charge in [-0.2, -0.15) is 25.9 Å². The number of benzene rings is 4. The number of aromatic amines is 3. The summed E-state index contributed by atoms with van der Waals surface area (Å²) < 4.78 is 100. The number of sulfonamides is 1. The second-order valence-electron chi connectivity index (χ2n) is 21.9. The van der Waals surface area contributed by atoms with Crippen LogP contribution in [0.3, 0.4) is 0 Å². The number of H-pyrrole nitrogens is 3. The quantitative estimate of drug-likeness (QED) is 0.0953. The molecule has 13 rings (SSSR count). The van der Waals surface area contributed by atoms with Crippen molar-refractivity contribution >= 4 is 87.5 Å². The number of para-hydroxylation sites is 2. The monoisotopic (exact) mass is 1190 g/mol. The van der Waals surface area contributed by atoms with Gasteiger partial charge in [0.25, 0.3) is 10.2 Å². The van der Waals surface area contributed by atoms with Crippen molar-refractivity contribution < 1.29 is 44.0 Å². The van der Waals surface area contributed by atoms with Gasteiger partial charge in [0.2, 0.25) is 21.8 Å². The van der Waals surface area contributed by atoms with Crippen molar-refractivity contribution in [3.63, 3.8) is 0 Å². The number of nitrogens with one attached hydrogen (secondary N) is 4. The number of piperidine rings is 2. The normalized spacial score (nSPS) is 18.8. The molecule has 6 N–H and O–H groups in total. The van der Waals surface area contributed by atoms with Crippen LogP contribution in [-0.2, 0) is 36.0 Å². The van der Waals surface area contributed by atoms with Crippen molar-refractivity contribution in [2.24, 2.45) is 11.1 Å². The number of piperazine rings is 1. The number of alkyl halides is 3. The molecule has 1 atom stereocenters. The molecule has 4 fully saturated rings. The van der Waals surface area contributed by atoms with Gasteiger partial charge in [-0.05, 0) is 116 Å². The number of carbonyl (C=O) groups is 2. The van der Waals surface area contributed by atoms with Crippen molar-refractivity contribution in [3.05, 3.63) is 151 Å². The van der Waals surface area contributed by atoms with Gasteiger partial charge in [0.15, 0.2) is 0 Å². The van der Waals surface area contributed by atoms with Crippen molar-refractivity contribution in [1.82, 2.24) is 33.4 Å². The standard InChI is InChI=1S/C18H18FN3.C15H17F3N2O3S.C15H19N3O.C12H16N4O2S/c19-14-3-4-16-17(12-21-18(16)10-14)13-5-8-22(9-6-13)15-2-1-7-20-11-15;1-24(22,23)20-6-4-9(5-7-20)13-11-8-10(15(16,17)18)2-3-12(11)19-14(13)21;1-12(19)17-7-4-8-18(10-9-17)15-11-16-14-6-3-2-5-13(14)15;13-19(17,18)16-7-5-15(6-8-16)12-9-14-11-4-2-1-3-10(11)12/h1-4,7,10-13,21H,5-6,8-9H2;2-3,8-9,13H,4-7H2,1H3,(H,19,21);2-3,5-6,11,16H,4,7-10H2,1H3;1-4,9,14H,5-8H2,(H2,13,17,18). The molecule has 4 saturated heterocycles. The molecule has 446 valence electrons. The van der Waals surface area contributed by atoms with Crippen LogP contribution in [0.2, 0.25) is 0 Å². The lowest BCUT2D eigenvalue weighted by Gasteiger charge is -2.34. The summed E-state index contributed by atoms with van der Waals surface area (Å²) in [7, 11) is -6.85. The van der Waals surface area contributed by atoms with Crippen LogP contribution < -0.4 is 25.2 Å². The van der Waals surface area contributed by atoms with Crippen molar-refractivity contribution in [2.75, 3.05) is 105 Å². The van der Waals surface area contributed by atoms with Gasteiger partial charge in [0.05, 0.1) is 41.0 Å². The summed E-state index contributed by atoms with van der Waals surface area (Å²) in [6.45, 7) is 10.0. The van der Waals surface area contributed by atoms with Crippen LogP contribution in [0.25, 0.3) is 32.7 Å². The third-order valence-electron chi connectivity index (χ3n) is 16.7. The number of anilines is 4. The summed E-state index contributed by atoms with van der Waals surface area (Å²) in [5, 5.41) is 11.3. The molecule has 4 aromatic heterocycles. The molecule has 5 aliphatic heterocycles. The van der Waals surface area contributed by atoms with Gasteiger partial charge in [0, 0.05) is 149 Å². The highest BCUT2D eigenvalue weighted by Crippen LogP contribution is 2.44. The summed E-state index contributed by atoms with van der Waals surface area (Å²) in [5.41, 5.74) is 8.02. The Labute approximate surface area is 486 Å². The molecule has 0 aliphatic carbocycles. The third-order valence-corrected chi connectivity index (χ3v) is 19.1. The molecule has 0 bridgehead atoms. The van der Waals surface area contributed by atoms with Crippen LogP contribution in [-0.4, -0.2) is 147 Å². The van der Waals surface area contributed by atoms with Gasteiger partial charge in [-0.15, -0.1) is 0 Å². The molecule has 8 aromatic rings. The fraction of sp³-hybridized carbons (Fsp3) is 0.383. The average Bonchev–Trinajstić information content (AvgIpc) is 2.61. The number of pyridine rings is 1. The molecular formula is C60H70F4N12O6S2. The lowest BCUT2D eigenvalue weighted by atomic mass is 9.81. The van der Waals surface area contributed by atoms with Crippen molar-refractivity contribution in [3.8, 4) is 0 Å². The zero-order valence-corrected chi connectivity index (χ0v) is 48.5. The molecule has 84 heavy (non-hydrogen) atoms. The van der Waals surface area contributed by atoms with E-state index in [-0.39, 0.29) is 36.6 Å². The number of aromatic nitrogens is 4. The lowest BCUT2D eigenvalue weighted by molar-refractivity contribution is -0.137. The molecule has 24 heteroatoms. The largest absolute Gasteiger partial charge is 0.416 e. The fourth-order valence-electron chi connectivity index (χ4n) is 12.2. The fourth-order valence-corrected chi connectivity index (χ4v) is 13.8. The van der Waals surface area contributed by atoms with E-state index >= 15 is 0 Å².